The number of nitrogens with zero attached hydrogens (tertiary/aromatic N) is 1. The van der Waals surface area contributed by atoms with Crippen molar-refractivity contribution in [1.29, 1.82) is 0 Å². The van der Waals surface area contributed by atoms with Gasteiger partial charge in [0.1, 0.15) is 0 Å². The van der Waals surface area contributed by atoms with E-state index in [-0.39, 0.29) is 5.78 Å². The van der Waals surface area contributed by atoms with Crippen molar-refractivity contribution in [3.8, 4) is 0 Å². The van der Waals surface area contributed by atoms with Crippen molar-refractivity contribution < 1.29 is 4.79 Å². The Balaban J connectivity index is 1.75. The highest BCUT2D eigenvalue weighted by Crippen LogP contribution is 2.24. The number of fused-ring (bicyclic) bond motifs is 1. The highest BCUT2D eigenvalue weighted by atomic mass is 16.1. The van der Waals surface area contributed by atoms with E-state index in [1.807, 2.05) is 30.5 Å². The minimum absolute atomic E-state index is 0.236. The number of carbonyl (C=O) groups is 1. The van der Waals surface area contributed by atoms with Crippen LogP contribution in [0.25, 0.3) is 10.9 Å². The van der Waals surface area contributed by atoms with Gasteiger partial charge in [0, 0.05) is 28.7 Å². The second kappa shape index (κ2) is 6.44. The van der Waals surface area contributed by atoms with Gasteiger partial charge in [-0.1, -0.05) is 44.4 Å². The third kappa shape index (κ3) is 3.03. The molecular formula is C18H24N2O. The normalized spacial score (nSPS) is 16.7. The van der Waals surface area contributed by atoms with Gasteiger partial charge in [0.15, 0.2) is 5.78 Å². The lowest BCUT2D eigenvalue weighted by atomic mass is 9.94. The molecule has 1 N–H and O–H groups in total. The number of hydrogen-bond acceptors (Lipinski definition) is 2. The van der Waals surface area contributed by atoms with Crippen molar-refractivity contribution in [2.24, 2.45) is 0 Å². The molecule has 1 aromatic heterocycles. The highest BCUT2D eigenvalue weighted by molar-refractivity contribution is 6.08. The van der Waals surface area contributed by atoms with Gasteiger partial charge in [-0.15, -0.1) is 0 Å². The molecule has 2 aromatic rings. The number of likely N-dealkylation sites (N-methyl/N-ethyl adjacent to an activating group) is 1. The van der Waals surface area contributed by atoms with Crippen molar-refractivity contribution in [2.45, 2.75) is 45.1 Å². The van der Waals surface area contributed by atoms with Gasteiger partial charge in [-0.3, -0.25) is 9.69 Å². The lowest BCUT2D eigenvalue weighted by Crippen LogP contribution is -2.40. The molecule has 0 radical (unpaired) electrons. The van der Waals surface area contributed by atoms with Crippen molar-refractivity contribution >= 4 is 16.7 Å². The Morgan fingerprint density at radius 3 is 2.76 bits per heavy atom. The molecule has 0 bridgehead atoms. The fourth-order valence-corrected chi connectivity index (χ4v) is 3.52. The quantitative estimate of drug-likeness (QED) is 0.842. The molecule has 1 fully saturated rings. The van der Waals surface area contributed by atoms with Crippen LogP contribution in [-0.2, 0) is 0 Å². The Morgan fingerprint density at radius 1 is 1.24 bits per heavy atom. The van der Waals surface area contributed by atoms with E-state index in [0.29, 0.717) is 12.6 Å². The Bertz CT molecular complexity index is 610. The summed E-state index contributed by atoms with van der Waals surface area (Å²) in [4.78, 5) is 18.2. The van der Waals surface area contributed by atoms with Gasteiger partial charge in [-0.2, -0.15) is 0 Å². The van der Waals surface area contributed by atoms with Gasteiger partial charge < -0.3 is 4.98 Å². The largest absolute Gasteiger partial charge is 0.360 e. The van der Waals surface area contributed by atoms with Crippen LogP contribution < -0.4 is 0 Å². The van der Waals surface area contributed by atoms with Crippen LogP contribution in [0.5, 0.6) is 0 Å². The molecule has 1 saturated carbocycles. The summed E-state index contributed by atoms with van der Waals surface area (Å²) in [5.41, 5.74) is 1.88. The van der Waals surface area contributed by atoms with E-state index < -0.39 is 0 Å². The standard InChI is InChI=1S/C18H24N2O/c1-2-20(14-8-4-3-5-9-14)13-18(21)16-12-19-17-11-7-6-10-15(16)17/h6-7,10-12,14,19H,2-5,8-9,13H2,1H3. The third-order valence-electron chi connectivity index (χ3n) is 4.73. The lowest BCUT2D eigenvalue weighted by Gasteiger charge is -2.32. The monoisotopic (exact) mass is 284 g/mol. The van der Waals surface area contributed by atoms with E-state index in [4.69, 9.17) is 0 Å². The molecule has 3 heteroatoms. The molecular weight excluding hydrogens is 260 g/mol. The number of Topliss-reactive ketones (excluding diaryl/α,β-unsaturated/α-hetero) is 1. The first-order chi connectivity index (χ1) is 10.3. The van der Waals surface area contributed by atoms with Crippen molar-refractivity contribution in [3.63, 3.8) is 0 Å². The summed E-state index contributed by atoms with van der Waals surface area (Å²) in [6.45, 7) is 3.67. The molecule has 21 heavy (non-hydrogen) atoms. The van der Waals surface area contributed by atoms with E-state index in [9.17, 15) is 4.79 Å². The molecule has 0 amide bonds. The Kier molecular flexibility index (Phi) is 4.39. The van der Waals surface area contributed by atoms with E-state index in [0.717, 1.165) is 23.0 Å². The van der Waals surface area contributed by atoms with Gasteiger partial charge in [-0.25, -0.2) is 0 Å². The molecule has 112 valence electrons. The van der Waals surface area contributed by atoms with Gasteiger partial charge in [-0.05, 0) is 25.5 Å². The number of aromatic nitrogens is 1. The number of para-hydroxylation sites is 1. The molecule has 3 rings (SSSR count). The number of ketones is 1. The van der Waals surface area contributed by atoms with E-state index in [2.05, 4.69) is 16.8 Å². The number of rotatable bonds is 5. The zero-order valence-corrected chi connectivity index (χ0v) is 12.8. The second-order valence-electron chi connectivity index (χ2n) is 6.03. The van der Waals surface area contributed by atoms with Crippen molar-refractivity contribution in [2.75, 3.05) is 13.1 Å². The topological polar surface area (TPSA) is 36.1 Å². The van der Waals surface area contributed by atoms with Crippen LogP contribution in [0.4, 0.5) is 0 Å². The number of carbonyl (C=O) groups excluding carboxylic acids is 1. The predicted octanol–water partition coefficient (Wildman–Crippen LogP) is 4.01. The second-order valence-corrected chi connectivity index (χ2v) is 6.03. The molecule has 0 spiro atoms. The third-order valence-corrected chi connectivity index (χ3v) is 4.73. The van der Waals surface area contributed by atoms with Crippen LogP contribution in [0.1, 0.15) is 49.4 Å². The summed E-state index contributed by atoms with van der Waals surface area (Å²) in [5, 5.41) is 1.04. The lowest BCUT2D eigenvalue weighted by molar-refractivity contribution is 0.0870. The van der Waals surface area contributed by atoms with Gasteiger partial charge in [0.05, 0.1) is 6.54 Å². The molecule has 3 nitrogen and oxygen atoms in total. The maximum Gasteiger partial charge on any atom is 0.178 e. The Morgan fingerprint density at radius 2 is 2.00 bits per heavy atom. The molecule has 1 heterocycles. The first-order valence-electron chi connectivity index (χ1n) is 8.13. The highest BCUT2D eigenvalue weighted by Gasteiger charge is 2.23. The maximum atomic E-state index is 12.7. The minimum Gasteiger partial charge on any atom is -0.360 e. The Hall–Kier alpha value is -1.61. The van der Waals surface area contributed by atoms with Crippen LogP contribution in [-0.4, -0.2) is 34.8 Å². The summed E-state index contributed by atoms with van der Waals surface area (Å²) < 4.78 is 0. The van der Waals surface area contributed by atoms with E-state index in [1.165, 1.54) is 32.1 Å². The average molecular weight is 284 g/mol. The SMILES string of the molecule is CCN(CC(=O)c1c[nH]c2ccccc12)C1CCCCC1. The van der Waals surface area contributed by atoms with Crippen LogP contribution in [0.15, 0.2) is 30.5 Å². The molecule has 0 atom stereocenters. The fraction of sp³-hybridized carbons (Fsp3) is 0.500. The molecule has 0 unspecified atom stereocenters. The first kappa shape index (κ1) is 14.3. The van der Waals surface area contributed by atoms with E-state index in [1.54, 1.807) is 0 Å². The van der Waals surface area contributed by atoms with Crippen molar-refractivity contribution in [3.05, 3.63) is 36.0 Å². The molecule has 1 aliphatic carbocycles. The molecule has 0 saturated heterocycles. The Labute approximate surface area is 126 Å². The van der Waals surface area contributed by atoms with Gasteiger partial charge in [0.25, 0.3) is 0 Å². The number of nitrogens with one attached hydrogen (secondary N) is 1. The maximum absolute atomic E-state index is 12.7. The number of hydrogen-bond donors (Lipinski definition) is 1. The average Bonchev–Trinajstić information content (AvgIpc) is 2.97. The van der Waals surface area contributed by atoms with Crippen LogP contribution >= 0.6 is 0 Å². The number of aromatic amines is 1. The fourth-order valence-electron chi connectivity index (χ4n) is 3.52. The molecule has 1 aromatic carbocycles. The van der Waals surface area contributed by atoms with Crippen LogP contribution in [0.2, 0.25) is 0 Å². The number of H-pyrrole nitrogens is 1. The number of benzene rings is 1. The molecule has 1 aliphatic rings. The van der Waals surface area contributed by atoms with Gasteiger partial charge in [0.2, 0.25) is 0 Å². The minimum atomic E-state index is 0.236. The predicted molar refractivity (Wildman–Crippen MR) is 86.7 cm³/mol. The zero-order chi connectivity index (χ0) is 14.7. The summed E-state index contributed by atoms with van der Waals surface area (Å²) in [7, 11) is 0. The zero-order valence-electron chi connectivity index (χ0n) is 12.8. The summed E-state index contributed by atoms with van der Waals surface area (Å²) in [6, 6.07) is 8.62. The first-order valence-corrected chi connectivity index (χ1v) is 8.13. The van der Waals surface area contributed by atoms with Crippen LogP contribution in [0, 0.1) is 0 Å². The smallest absolute Gasteiger partial charge is 0.178 e. The summed E-state index contributed by atoms with van der Waals surface area (Å²) in [5.74, 6) is 0.236. The van der Waals surface area contributed by atoms with Crippen LogP contribution in [0.3, 0.4) is 0 Å². The molecule has 0 aliphatic heterocycles. The van der Waals surface area contributed by atoms with Crippen molar-refractivity contribution in [1.82, 2.24) is 9.88 Å². The summed E-state index contributed by atoms with van der Waals surface area (Å²) in [6.07, 6.45) is 8.32. The van der Waals surface area contributed by atoms with E-state index >= 15 is 0 Å². The summed E-state index contributed by atoms with van der Waals surface area (Å²) >= 11 is 0. The van der Waals surface area contributed by atoms with Gasteiger partial charge >= 0.3 is 0 Å².